The van der Waals surface area contributed by atoms with E-state index in [-0.39, 0.29) is 0 Å². The predicted molar refractivity (Wildman–Crippen MR) is 134 cm³/mol. The normalized spacial score (nSPS) is 14.8. The second-order valence-corrected chi connectivity index (χ2v) is 8.54. The molecule has 170 valence electrons. The second kappa shape index (κ2) is 9.48. The number of halogens is 1. The smallest absolute Gasteiger partial charge is 0.216 e. The van der Waals surface area contributed by atoms with Crippen LogP contribution in [0.1, 0.15) is 41.5 Å². The number of nitrogens with zero attached hydrogens (tertiary/aromatic N) is 1. The van der Waals surface area contributed by atoms with Gasteiger partial charge in [0.25, 0.3) is 0 Å². The van der Waals surface area contributed by atoms with Crippen molar-refractivity contribution in [3.05, 3.63) is 101 Å². The van der Waals surface area contributed by atoms with E-state index in [2.05, 4.69) is 34.5 Å². The molecule has 3 aromatic carbocycles. The van der Waals surface area contributed by atoms with Crippen LogP contribution in [0.15, 0.2) is 72.8 Å². The maximum atomic E-state index is 14.4. The lowest BCUT2D eigenvalue weighted by atomic mass is 9.73. The average molecular weight is 453 g/mol. The third kappa shape index (κ3) is 4.17. The minimum Gasteiger partial charge on any atom is -0.497 e. The number of aldehydes is 1. The van der Waals surface area contributed by atoms with Gasteiger partial charge in [0.15, 0.2) is 0 Å². The molecule has 0 aliphatic heterocycles. The number of benzene rings is 3. The molecule has 1 aromatic heterocycles. The van der Waals surface area contributed by atoms with Crippen LogP contribution in [0.4, 0.5) is 4.39 Å². The number of hydrogen-bond acceptors (Lipinski definition) is 3. The number of rotatable bonds is 7. The summed E-state index contributed by atoms with van der Waals surface area (Å²) in [5.41, 5.74) is 6.94. The third-order valence-corrected chi connectivity index (χ3v) is 6.53. The van der Waals surface area contributed by atoms with Crippen LogP contribution in [0.25, 0.3) is 28.1 Å². The van der Waals surface area contributed by atoms with Gasteiger partial charge in [-0.3, -0.25) is 9.89 Å². The Morgan fingerprint density at radius 1 is 1.03 bits per heavy atom. The molecule has 0 unspecified atom stereocenters. The Balaban J connectivity index is 1.77. The molecule has 1 aliphatic carbocycles. The van der Waals surface area contributed by atoms with Gasteiger partial charge in [-0.05, 0) is 82.5 Å². The number of fused-ring (bicyclic) bond motifs is 1. The molecule has 0 bridgehead atoms. The van der Waals surface area contributed by atoms with Gasteiger partial charge >= 0.3 is 0 Å². The number of allylic oxidation sites excluding steroid dienone is 2. The molecular weight excluding hydrogens is 427 g/mol. The number of ether oxygens (including phenoxy) is 1. The first-order chi connectivity index (χ1) is 16.7. The SMILES string of the molecule is COc1cccc(/C(=C(\c2ccc(/C=C/C=O)cc2)c2ccc3n[nH]c(F)c3c2)C2CCC2)c1. The number of hydrogen-bond donors (Lipinski definition) is 1. The minimum absolute atomic E-state index is 0.404. The van der Waals surface area contributed by atoms with Crippen molar-refractivity contribution in [1.29, 1.82) is 0 Å². The van der Waals surface area contributed by atoms with Crippen LogP contribution in [-0.2, 0) is 4.79 Å². The van der Waals surface area contributed by atoms with E-state index < -0.39 is 5.95 Å². The molecule has 1 fully saturated rings. The number of aromatic nitrogens is 2. The topological polar surface area (TPSA) is 55.0 Å². The Hall–Kier alpha value is -3.99. The summed E-state index contributed by atoms with van der Waals surface area (Å²) in [6.07, 6.45) is 7.44. The van der Waals surface area contributed by atoms with E-state index in [0.29, 0.717) is 16.8 Å². The Bertz CT molecular complexity index is 1400. The molecule has 1 saturated carbocycles. The van der Waals surface area contributed by atoms with Gasteiger partial charge in [-0.25, -0.2) is 0 Å². The molecule has 0 saturated heterocycles. The molecule has 0 atom stereocenters. The summed E-state index contributed by atoms with van der Waals surface area (Å²) in [6.45, 7) is 0. The van der Waals surface area contributed by atoms with Crippen molar-refractivity contribution in [2.24, 2.45) is 5.92 Å². The van der Waals surface area contributed by atoms with Crippen LogP contribution < -0.4 is 4.74 Å². The van der Waals surface area contributed by atoms with Gasteiger partial charge < -0.3 is 4.74 Å². The molecular formula is C29H25FN2O2. The molecule has 0 radical (unpaired) electrons. The monoisotopic (exact) mass is 452 g/mol. The zero-order valence-electron chi connectivity index (χ0n) is 18.9. The molecule has 4 nitrogen and oxygen atoms in total. The van der Waals surface area contributed by atoms with Crippen molar-refractivity contribution < 1.29 is 13.9 Å². The maximum Gasteiger partial charge on any atom is 0.216 e. The van der Waals surface area contributed by atoms with E-state index >= 15 is 0 Å². The summed E-state index contributed by atoms with van der Waals surface area (Å²) in [6, 6.07) is 22.0. The standard InChI is InChI=1S/C29H25FN2O2/c1-34-24-9-3-8-22(17-24)27(20-6-2-7-20)28(21-12-10-19(11-13-21)5-4-16-33)23-14-15-26-25(18-23)29(30)32-31-26/h3-5,8-18,20H,2,6-7H2,1H3,(H,31,32)/b5-4+,28-27+. The summed E-state index contributed by atoms with van der Waals surface area (Å²) in [4.78, 5) is 10.7. The van der Waals surface area contributed by atoms with Crippen molar-refractivity contribution in [3.63, 3.8) is 0 Å². The van der Waals surface area contributed by atoms with Crippen LogP contribution in [0.2, 0.25) is 0 Å². The van der Waals surface area contributed by atoms with E-state index in [1.54, 1.807) is 13.2 Å². The first kappa shape index (κ1) is 21.8. The highest BCUT2D eigenvalue weighted by Crippen LogP contribution is 2.45. The lowest BCUT2D eigenvalue weighted by molar-refractivity contribution is -0.104. The number of aromatic amines is 1. The molecule has 1 heterocycles. The molecule has 1 aliphatic rings. The van der Waals surface area contributed by atoms with Gasteiger partial charge in [-0.2, -0.15) is 9.49 Å². The predicted octanol–water partition coefficient (Wildman–Crippen LogP) is 6.68. The zero-order valence-corrected chi connectivity index (χ0v) is 18.9. The Morgan fingerprint density at radius 3 is 2.53 bits per heavy atom. The minimum atomic E-state index is -0.433. The molecule has 4 aromatic rings. The van der Waals surface area contributed by atoms with E-state index in [4.69, 9.17) is 4.74 Å². The maximum absolute atomic E-state index is 14.4. The highest BCUT2D eigenvalue weighted by atomic mass is 19.1. The summed E-state index contributed by atoms with van der Waals surface area (Å²) < 4.78 is 20.0. The highest BCUT2D eigenvalue weighted by molar-refractivity contribution is 6.01. The van der Waals surface area contributed by atoms with Crippen LogP contribution in [0.3, 0.4) is 0 Å². The molecule has 0 spiro atoms. The van der Waals surface area contributed by atoms with Crippen LogP contribution in [0.5, 0.6) is 5.75 Å². The van der Waals surface area contributed by atoms with Gasteiger partial charge in [0.05, 0.1) is 18.0 Å². The van der Waals surface area contributed by atoms with Crippen LogP contribution in [0, 0.1) is 11.9 Å². The Labute approximate surface area is 197 Å². The Morgan fingerprint density at radius 2 is 1.82 bits per heavy atom. The van der Waals surface area contributed by atoms with Gasteiger partial charge in [-0.15, -0.1) is 0 Å². The fourth-order valence-corrected chi connectivity index (χ4v) is 4.60. The average Bonchev–Trinajstić information content (AvgIpc) is 3.22. The second-order valence-electron chi connectivity index (χ2n) is 8.54. The molecule has 5 heteroatoms. The van der Waals surface area contributed by atoms with Crippen molar-refractivity contribution >= 4 is 34.4 Å². The van der Waals surface area contributed by atoms with Gasteiger partial charge in [-0.1, -0.05) is 55.0 Å². The number of nitrogens with one attached hydrogen (secondary N) is 1. The summed E-state index contributed by atoms with van der Waals surface area (Å²) >= 11 is 0. The van der Waals surface area contributed by atoms with E-state index in [9.17, 15) is 9.18 Å². The van der Waals surface area contributed by atoms with Gasteiger partial charge in [0, 0.05) is 0 Å². The van der Waals surface area contributed by atoms with Crippen molar-refractivity contribution in [2.75, 3.05) is 7.11 Å². The van der Waals surface area contributed by atoms with Crippen LogP contribution in [-0.4, -0.2) is 23.6 Å². The lowest BCUT2D eigenvalue weighted by Gasteiger charge is -2.32. The first-order valence-corrected chi connectivity index (χ1v) is 11.4. The largest absolute Gasteiger partial charge is 0.497 e. The quantitative estimate of drug-likeness (QED) is 0.193. The summed E-state index contributed by atoms with van der Waals surface area (Å²) in [7, 11) is 1.67. The van der Waals surface area contributed by atoms with E-state index in [1.165, 1.54) is 18.1 Å². The van der Waals surface area contributed by atoms with E-state index in [0.717, 1.165) is 52.7 Å². The number of methoxy groups -OCH3 is 1. The summed E-state index contributed by atoms with van der Waals surface area (Å²) in [5.74, 6) is 0.776. The van der Waals surface area contributed by atoms with Crippen molar-refractivity contribution in [1.82, 2.24) is 10.2 Å². The van der Waals surface area contributed by atoms with Gasteiger partial charge in [0.1, 0.15) is 12.0 Å². The number of carbonyl (C=O) groups excluding carboxylic acids is 1. The lowest BCUT2D eigenvalue weighted by Crippen LogP contribution is -2.15. The van der Waals surface area contributed by atoms with Crippen molar-refractivity contribution in [2.45, 2.75) is 19.3 Å². The third-order valence-electron chi connectivity index (χ3n) is 6.53. The fourth-order valence-electron chi connectivity index (χ4n) is 4.60. The molecule has 0 amide bonds. The number of carbonyl (C=O) groups is 1. The fraction of sp³-hybridized carbons (Fsp3) is 0.172. The molecule has 5 rings (SSSR count). The summed E-state index contributed by atoms with van der Waals surface area (Å²) in [5, 5.41) is 6.97. The van der Waals surface area contributed by atoms with Gasteiger partial charge in [0.2, 0.25) is 5.95 Å². The zero-order chi connectivity index (χ0) is 23.5. The van der Waals surface area contributed by atoms with Crippen molar-refractivity contribution in [3.8, 4) is 5.75 Å². The molecule has 34 heavy (non-hydrogen) atoms. The Kier molecular flexibility index (Phi) is 6.09. The van der Waals surface area contributed by atoms with Crippen LogP contribution >= 0.6 is 0 Å². The first-order valence-electron chi connectivity index (χ1n) is 11.4. The highest BCUT2D eigenvalue weighted by Gasteiger charge is 2.27. The number of H-pyrrole nitrogens is 1. The molecule has 1 N–H and O–H groups in total. The van der Waals surface area contributed by atoms with E-state index in [1.807, 2.05) is 42.5 Å².